The SMILES string of the molecule is [Au+3].[Hf+4].[O-2].[O-2]. The molecular formula is AuHfO2+3. The summed E-state index contributed by atoms with van der Waals surface area (Å²) in [4.78, 5) is 0. The zero-order valence-corrected chi connectivity index (χ0v) is 7.38. The molecular weight excluding hydrogens is 407 g/mol. The van der Waals surface area contributed by atoms with Crippen LogP contribution in [0.4, 0.5) is 0 Å². The number of hydrogen-bond acceptors (Lipinski definition) is 0. The summed E-state index contributed by atoms with van der Waals surface area (Å²) >= 11 is 0. The van der Waals surface area contributed by atoms with Crippen molar-refractivity contribution in [2.45, 2.75) is 0 Å². The van der Waals surface area contributed by atoms with E-state index in [1.165, 1.54) is 0 Å². The van der Waals surface area contributed by atoms with Crippen LogP contribution in [0.2, 0.25) is 0 Å². The monoisotopic (exact) mass is 409 g/mol. The molecule has 0 heterocycles. The summed E-state index contributed by atoms with van der Waals surface area (Å²) in [6.07, 6.45) is 0. The Hall–Kier alpha value is 1.53. The second-order valence-electron chi connectivity index (χ2n) is 0. The predicted octanol–water partition coefficient (Wildman–Crippen LogP) is -0.243. The smallest absolute Gasteiger partial charge is 2.00 e. The third-order valence-electron chi connectivity index (χ3n) is 0. The molecule has 0 amide bonds. The van der Waals surface area contributed by atoms with Crippen LogP contribution in [0.3, 0.4) is 0 Å². The standard InChI is InChI=1S/Au.Hf.2O/q+3;+4;2*-2. The molecule has 0 fully saturated rings. The molecule has 2 nitrogen and oxygen atoms in total. The van der Waals surface area contributed by atoms with Gasteiger partial charge in [-0.05, 0) is 0 Å². The molecule has 0 rings (SSSR count). The summed E-state index contributed by atoms with van der Waals surface area (Å²) in [7, 11) is 0. The maximum atomic E-state index is 0. The van der Waals surface area contributed by atoms with Gasteiger partial charge in [-0.15, -0.1) is 0 Å². The maximum Gasteiger partial charge on any atom is 4.00 e. The topological polar surface area (TPSA) is 57.0 Å². The van der Waals surface area contributed by atoms with E-state index < -0.39 is 0 Å². The van der Waals surface area contributed by atoms with E-state index in [1.54, 1.807) is 0 Å². The van der Waals surface area contributed by atoms with Crippen LogP contribution in [-0.4, -0.2) is 0 Å². The molecule has 0 radical (unpaired) electrons. The van der Waals surface area contributed by atoms with Crippen LogP contribution < -0.4 is 0 Å². The van der Waals surface area contributed by atoms with Crippen LogP contribution in [0.1, 0.15) is 0 Å². The van der Waals surface area contributed by atoms with Crippen molar-refractivity contribution < 1.29 is 59.2 Å². The Morgan fingerprint density at radius 2 is 0.750 bits per heavy atom. The van der Waals surface area contributed by atoms with Gasteiger partial charge in [0.2, 0.25) is 0 Å². The summed E-state index contributed by atoms with van der Waals surface area (Å²) in [5.41, 5.74) is 0. The Morgan fingerprint density at radius 1 is 0.750 bits per heavy atom. The van der Waals surface area contributed by atoms with Gasteiger partial charge in [0, 0.05) is 0 Å². The molecule has 0 N–H and O–H groups in total. The van der Waals surface area contributed by atoms with Gasteiger partial charge in [0.15, 0.2) is 0 Å². The van der Waals surface area contributed by atoms with E-state index in [9.17, 15) is 0 Å². The zero-order valence-electron chi connectivity index (χ0n) is 1.62. The fourth-order valence-corrected chi connectivity index (χ4v) is 0. The Morgan fingerprint density at radius 3 is 0.750 bits per heavy atom. The first-order chi connectivity index (χ1) is 0. The largest absolute Gasteiger partial charge is 4.00 e. The van der Waals surface area contributed by atoms with E-state index in [0.717, 1.165) is 0 Å². The molecule has 0 aliphatic heterocycles. The fourth-order valence-electron chi connectivity index (χ4n) is 0. The van der Waals surface area contributed by atoms with Crippen molar-refractivity contribution in [1.82, 2.24) is 0 Å². The Bertz CT molecular complexity index is 6.00. The first-order valence-corrected chi connectivity index (χ1v) is 0. The number of hydrogen-bond donors (Lipinski definition) is 0. The third kappa shape index (κ3) is 9.65. The molecule has 0 saturated carbocycles. The summed E-state index contributed by atoms with van der Waals surface area (Å²) in [5, 5.41) is 0. The molecule has 24 valence electrons. The van der Waals surface area contributed by atoms with Crippen molar-refractivity contribution in [3.8, 4) is 0 Å². The van der Waals surface area contributed by atoms with Gasteiger partial charge in [-0.25, -0.2) is 0 Å². The molecule has 0 aliphatic carbocycles. The van der Waals surface area contributed by atoms with Crippen molar-refractivity contribution in [3.05, 3.63) is 0 Å². The minimum absolute atomic E-state index is 0. The average Bonchev–Trinajstić information content (AvgIpc) is 0. The van der Waals surface area contributed by atoms with E-state index in [-0.39, 0.29) is 59.2 Å². The molecule has 0 saturated heterocycles. The average molecular weight is 407 g/mol. The minimum atomic E-state index is 0. The van der Waals surface area contributed by atoms with Crippen molar-refractivity contribution in [3.63, 3.8) is 0 Å². The van der Waals surface area contributed by atoms with Crippen molar-refractivity contribution >= 4 is 0 Å². The minimum Gasteiger partial charge on any atom is -2.00 e. The van der Waals surface area contributed by atoms with Gasteiger partial charge in [0.05, 0.1) is 0 Å². The van der Waals surface area contributed by atoms with Gasteiger partial charge in [0.25, 0.3) is 0 Å². The van der Waals surface area contributed by atoms with Crippen LogP contribution in [0, 0.1) is 0 Å². The molecule has 0 aromatic rings. The van der Waals surface area contributed by atoms with Gasteiger partial charge in [0.1, 0.15) is 0 Å². The molecule has 0 aromatic heterocycles. The Balaban J connectivity index is 0. The van der Waals surface area contributed by atoms with E-state index in [0.29, 0.717) is 0 Å². The second kappa shape index (κ2) is 24.1. The summed E-state index contributed by atoms with van der Waals surface area (Å²) < 4.78 is 0. The van der Waals surface area contributed by atoms with Crippen LogP contribution >= 0.6 is 0 Å². The summed E-state index contributed by atoms with van der Waals surface area (Å²) in [6.45, 7) is 0. The molecule has 0 atom stereocenters. The fraction of sp³-hybridized carbons (Fsp3) is 0. The molecule has 0 aliphatic rings. The van der Waals surface area contributed by atoms with E-state index in [2.05, 4.69) is 0 Å². The van der Waals surface area contributed by atoms with Gasteiger partial charge in [-0.3, -0.25) is 0 Å². The van der Waals surface area contributed by atoms with E-state index in [4.69, 9.17) is 0 Å². The summed E-state index contributed by atoms with van der Waals surface area (Å²) in [5.74, 6) is 0. The Kier molecular flexibility index (Phi) is 292. The zero-order chi connectivity index (χ0) is 0. The molecule has 4 heteroatoms. The summed E-state index contributed by atoms with van der Waals surface area (Å²) in [6, 6.07) is 0. The molecule has 4 heavy (non-hydrogen) atoms. The van der Waals surface area contributed by atoms with Crippen LogP contribution in [0.25, 0.3) is 0 Å². The third-order valence-corrected chi connectivity index (χ3v) is 0. The van der Waals surface area contributed by atoms with E-state index >= 15 is 0 Å². The second-order valence-corrected chi connectivity index (χ2v) is 0. The van der Waals surface area contributed by atoms with Crippen molar-refractivity contribution in [2.24, 2.45) is 0 Å². The van der Waals surface area contributed by atoms with Crippen molar-refractivity contribution in [2.75, 3.05) is 0 Å². The van der Waals surface area contributed by atoms with Gasteiger partial charge in [-0.1, -0.05) is 0 Å². The first kappa shape index (κ1) is 48.5. The first-order valence-electron chi connectivity index (χ1n) is 0. The van der Waals surface area contributed by atoms with Gasteiger partial charge >= 0.3 is 48.2 Å². The van der Waals surface area contributed by atoms with Gasteiger partial charge < -0.3 is 11.0 Å². The molecule has 0 aromatic carbocycles. The van der Waals surface area contributed by atoms with E-state index in [1.807, 2.05) is 0 Å². The molecule has 0 bridgehead atoms. The molecule has 0 unspecified atom stereocenters. The number of rotatable bonds is 0. The van der Waals surface area contributed by atoms with Crippen LogP contribution in [0.15, 0.2) is 0 Å². The normalized spacial score (nSPS) is 0. The predicted molar refractivity (Wildman–Crippen MR) is 1.37 cm³/mol. The Labute approximate surface area is 58.9 Å². The maximum absolute atomic E-state index is 0. The molecule has 0 spiro atoms. The van der Waals surface area contributed by atoms with Gasteiger partial charge in [-0.2, -0.15) is 0 Å². The van der Waals surface area contributed by atoms with Crippen LogP contribution in [0.5, 0.6) is 0 Å². The quantitative estimate of drug-likeness (QED) is 0.498. The van der Waals surface area contributed by atoms with Crippen molar-refractivity contribution in [1.29, 1.82) is 0 Å². The van der Waals surface area contributed by atoms with Crippen LogP contribution in [-0.2, 0) is 59.2 Å².